The number of fused-ring (bicyclic) bond motifs is 3. The van der Waals surface area contributed by atoms with Crippen molar-refractivity contribution in [2.24, 2.45) is 0 Å². The molecule has 0 aliphatic rings. The van der Waals surface area contributed by atoms with Crippen molar-refractivity contribution >= 4 is 56.1 Å². The summed E-state index contributed by atoms with van der Waals surface area (Å²) in [5, 5.41) is 23.0. The summed E-state index contributed by atoms with van der Waals surface area (Å²) in [7, 11) is 0. The molecule has 2 N–H and O–H groups in total. The van der Waals surface area contributed by atoms with Crippen LogP contribution in [0.2, 0.25) is 0 Å². The molecule has 2 nitrogen and oxygen atoms in total. The first kappa shape index (κ1) is 36.0. The maximum Gasteiger partial charge on any atom is 0.123 e. The molecule has 0 atom stereocenters. The molecular formula is C42H36ClF3O2. The van der Waals surface area contributed by atoms with Crippen molar-refractivity contribution in [3.63, 3.8) is 0 Å². The normalized spacial score (nSPS) is 10.9. The number of alkyl halides is 1. The monoisotopic (exact) mass is 664 g/mol. The van der Waals surface area contributed by atoms with Gasteiger partial charge >= 0.3 is 0 Å². The number of halogens is 4. The van der Waals surface area contributed by atoms with E-state index in [4.69, 9.17) is 21.8 Å². The standard InChI is InChI=1S/C14H12ClF.C14H13FO.C14H11FO/c15-8-2-1-3-11-4-5-12-6-7-14(16)10-13(12)9-11;2*15-14-7-6-12-5-4-11(3-1-2-8-16)9-13(12)10-14/h1,3-7,9-10H,2,8H2;1,3-7,9-10,16H,2,8H2;4-7,9-10,16H,2,8H2/b2*3-1+;. The van der Waals surface area contributed by atoms with Gasteiger partial charge in [-0.2, -0.15) is 0 Å². The average molecular weight is 665 g/mol. The van der Waals surface area contributed by atoms with Gasteiger partial charge in [0.2, 0.25) is 0 Å². The Kier molecular flexibility index (Phi) is 14.3. The van der Waals surface area contributed by atoms with Crippen LogP contribution in [0.5, 0.6) is 0 Å². The number of aliphatic hydroxyl groups is 2. The van der Waals surface area contributed by atoms with E-state index in [1.54, 1.807) is 24.3 Å². The molecule has 0 heterocycles. The van der Waals surface area contributed by atoms with Gasteiger partial charge in [-0.1, -0.05) is 84.7 Å². The van der Waals surface area contributed by atoms with Gasteiger partial charge < -0.3 is 10.2 Å². The van der Waals surface area contributed by atoms with E-state index in [0.29, 0.717) is 18.7 Å². The lowest BCUT2D eigenvalue weighted by Crippen LogP contribution is -1.80. The molecule has 0 aromatic heterocycles. The summed E-state index contributed by atoms with van der Waals surface area (Å²) in [6.45, 7) is 0.216. The maximum absolute atomic E-state index is 13.0. The van der Waals surface area contributed by atoms with Crippen LogP contribution in [-0.4, -0.2) is 29.3 Å². The maximum atomic E-state index is 13.0. The first-order valence-electron chi connectivity index (χ1n) is 15.6. The Morgan fingerprint density at radius 3 is 1.46 bits per heavy atom. The zero-order valence-corrected chi connectivity index (χ0v) is 27.1. The Labute approximate surface area is 284 Å². The van der Waals surface area contributed by atoms with E-state index in [0.717, 1.165) is 55.4 Å². The molecule has 244 valence electrons. The van der Waals surface area contributed by atoms with Crippen LogP contribution in [0.3, 0.4) is 0 Å². The molecule has 6 heteroatoms. The van der Waals surface area contributed by atoms with E-state index in [-0.39, 0.29) is 30.7 Å². The van der Waals surface area contributed by atoms with Crippen molar-refractivity contribution in [1.29, 1.82) is 0 Å². The minimum Gasteiger partial charge on any atom is -0.396 e. The van der Waals surface area contributed by atoms with Crippen LogP contribution in [0.25, 0.3) is 44.5 Å². The highest BCUT2D eigenvalue weighted by atomic mass is 35.5. The van der Waals surface area contributed by atoms with Gasteiger partial charge in [-0.3, -0.25) is 0 Å². The van der Waals surface area contributed by atoms with Crippen molar-refractivity contribution in [3.05, 3.63) is 155 Å². The van der Waals surface area contributed by atoms with Crippen LogP contribution in [0.15, 0.2) is 121 Å². The van der Waals surface area contributed by atoms with Crippen molar-refractivity contribution in [3.8, 4) is 11.8 Å². The van der Waals surface area contributed by atoms with Crippen LogP contribution >= 0.6 is 11.6 Å². The second-order valence-electron chi connectivity index (χ2n) is 10.8. The quantitative estimate of drug-likeness (QED) is 0.132. The predicted octanol–water partition coefficient (Wildman–Crippen LogP) is 10.7. The largest absolute Gasteiger partial charge is 0.396 e. The Morgan fingerprint density at radius 1 is 0.521 bits per heavy atom. The number of allylic oxidation sites excluding steroid dienone is 1. The lowest BCUT2D eigenvalue weighted by molar-refractivity contribution is 0.303. The number of hydrogen-bond donors (Lipinski definition) is 2. The minimum absolute atomic E-state index is 0.0647. The molecule has 0 fully saturated rings. The lowest BCUT2D eigenvalue weighted by Gasteiger charge is -1.99. The summed E-state index contributed by atoms with van der Waals surface area (Å²) in [6, 6.07) is 31.8. The predicted molar refractivity (Wildman–Crippen MR) is 195 cm³/mol. The summed E-state index contributed by atoms with van der Waals surface area (Å²) in [4.78, 5) is 0. The van der Waals surface area contributed by atoms with E-state index in [1.165, 1.54) is 30.3 Å². The fourth-order valence-electron chi connectivity index (χ4n) is 4.77. The minimum atomic E-state index is -0.243. The molecule has 6 rings (SSSR count). The van der Waals surface area contributed by atoms with Crippen LogP contribution in [-0.2, 0) is 0 Å². The highest BCUT2D eigenvalue weighted by Crippen LogP contribution is 2.20. The Hall–Kier alpha value is -4.86. The summed E-state index contributed by atoms with van der Waals surface area (Å²) >= 11 is 5.58. The SMILES string of the molecule is Fc1ccc2ccc(/C=C/CCCl)cc2c1.OCC/C=C/c1ccc2ccc(F)cc2c1.OCCC#Cc1ccc2ccc(F)cc2c1. The highest BCUT2D eigenvalue weighted by Gasteiger charge is 1.98. The average Bonchev–Trinajstić information content (AvgIpc) is 3.09. The fraction of sp³-hybridized carbons (Fsp3) is 0.143. The zero-order valence-electron chi connectivity index (χ0n) is 26.4. The molecule has 0 aliphatic carbocycles. The summed E-state index contributed by atoms with van der Waals surface area (Å²) < 4.78 is 39.1. The topological polar surface area (TPSA) is 40.5 Å². The van der Waals surface area contributed by atoms with Crippen molar-refractivity contribution in [2.45, 2.75) is 19.3 Å². The van der Waals surface area contributed by atoms with Gasteiger partial charge in [-0.15, -0.1) is 11.6 Å². The van der Waals surface area contributed by atoms with Gasteiger partial charge in [0.05, 0.1) is 6.61 Å². The lowest BCUT2D eigenvalue weighted by atomic mass is 10.1. The van der Waals surface area contributed by atoms with Crippen molar-refractivity contribution in [2.75, 3.05) is 19.1 Å². The van der Waals surface area contributed by atoms with Crippen LogP contribution in [0.4, 0.5) is 13.2 Å². The molecule has 0 aliphatic heterocycles. The molecule has 0 saturated heterocycles. The second kappa shape index (κ2) is 19.1. The van der Waals surface area contributed by atoms with Gasteiger partial charge in [-0.05, 0) is 117 Å². The Bertz CT molecular complexity index is 1980. The number of rotatable bonds is 7. The van der Waals surface area contributed by atoms with E-state index in [2.05, 4.69) is 11.8 Å². The number of aliphatic hydroxyl groups excluding tert-OH is 2. The molecule has 0 spiro atoms. The highest BCUT2D eigenvalue weighted by molar-refractivity contribution is 6.17. The van der Waals surface area contributed by atoms with E-state index >= 15 is 0 Å². The molecule has 48 heavy (non-hydrogen) atoms. The number of hydrogen-bond acceptors (Lipinski definition) is 2. The third-order valence-corrected chi connectivity index (χ3v) is 7.33. The molecule has 0 saturated carbocycles. The van der Waals surface area contributed by atoms with Gasteiger partial charge in [0, 0.05) is 24.5 Å². The van der Waals surface area contributed by atoms with Crippen LogP contribution in [0.1, 0.15) is 36.0 Å². The smallest absolute Gasteiger partial charge is 0.123 e. The van der Waals surface area contributed by atoms with Gasteiger partial charge in [0.25, 0.3) is 0 Å². The number of benzene rings is 6. The van der Waals surface area contributed by atoms with Gasteiger partial charge in [0.1, 0.15) is 17.5 Å². The van der Waals surface area contributed by atoms with Crippen LogP contribution < -0.4 is 0 Å². The molecule has 0 radical (unpaired) electrons. The van der Waals surface area contributed by atoms with E-state index in [1.807, 2.05) is 78.9 Å². The molecule has 6 aromatic rings. The molecule has 0 unspecified atom stereocenters. The summed E-state index contributed by atoms with van der Waals surface area (Å²) in [5.41, 5.74) is 2.93. The first-order valence-corrected chi connectivity index (χ1v) is 16.1. The molecule has 6 aromatic carbocycles. The van der Waals surface area contributed by atoms with Gasteiger partial charge in [0.15, 0.2) is 0 Å². The van der Waals surface area contributed by atoms with Crippen molar-refractivity contribution in [1.82, 2.24) is 0 Å². The third kappa shape index (κ3) is 11.4. The zero-order chi connectivity index (χ0) is 34.1. The van der Waals surface area contributed by atoms with Crippen molar-refractivity contribution < 1.29 is 23.4 Å². The Morgan fingerprint density at radius 2 is 0.979 bits per heavy atom. The summed E-state index contributed by atoms with van der Waals surface area (Å²) in [6.07, 6.45) is 9.81. The summed E-state index contributed by atoms with van der Waals surface area (Å²) in [5.74, 6) is 5.72. The fourth-order valence-corrected chi connectivity index (χ4v) is 4.90. The molecular weight excluding hydrogens is 629 g/mol. The molecule has 0 bridgehead atoms. The first-order chi connectivity index (χ1) is 23.4. The van der Waals surface area contributed by atoms with Gasteiger partial charge in [-0.25, -0.2) is 13.2 Å². The van der Waals surface area contributed by atoms with Crippen LogP contribution in [0, 0.1) is 29.3 Å². The third-order valence-electron chi connectivity index (χ3n) is 7.12. The molecule has 0 amide bonds. The second-order valence-corrected chi connectivity index (χ2v) is 11.2. The van der Waals surface area contributed by atoms with E-state index < -0.39 is 0 Å². The van der Waals surface area contributed by atoms with E-state index in [9.17, 15) is 13.2 Å². The Balaban J connectivity index is 0.000000163.